The molecular weight excluding hydrogens is 294 g/mol. The average molecular weight is 307 g/mol. The Hall–Kier alpha value is -2.58. The van der Waals surface area contributed by atoms with Crippen LogP contribution in [0.3, 0.4) is 0 Å². The molecule has 6 N–H and O–H groups in total. The summed E-state index contributed by atoms with van der Waals surface area (Å²) in [4.78, 5) is 10.8. The summed E-state index contributed by atoms with van der Waals surface area (Å²) in [6.45, 7) is 0. The van der Waals surface area contributed by atoms with Crippen molar-refractivity contribution in [3.63, 3.8) is 0 Å². The number of carbonyl (C=O) groups is 1. The molecule has 0 radical (unpaired) electrons. The van der Waals surface area contributed by atoms with E-state index in [2.05, 4.69) is 0 Å². The van der Waals surface area contributed by atoms with Gasteiger partial charge in [0.2, 0.25) is 15.9 Å². The lowest BCUT2D eigenvalue weighted by Gasteiger charge is -2.10. The number of hydrogen-bond donors (Lipinski definition) is 3. The van der Waals surface area contributed by atoms with E-state index < -0.39 is 15.9 Å². The van der Waals surface area contributed by atoms with E-state index >= 15 is 0 Å². The summed E-state index contributed by atoms with van der Waals surface area (Å²) in [6.07, 6.45) is 0. The average Bonchev–Trinajstić information content (AvgIpc) is 2.40. The quantitative estimate of drug-likeness (QED) is 0.717. The van der Waals surface area contributed by atoms with Crippen LogP contribution in [0.5, 0.6) is 11.5 Å². The fraction of sp³-hybridized carbons (Fsp3) is 0. The van der Waals surface area contributed by atoms with Crippen LogP contribution in [-0.4, -0.2) is 14.3 Å². The standard InChI is InChI=1S/C13H13N3O4S/c14-11-6-5-10(21(16,18)19)7-12(11)20-9-3-1-8(2-4-9)13(15)17/h1-7H,14H2,(H2,15,17)(H2,16,18,19). The lowest BCUT2D eigenvalue weighted by atomic mass is 10.2. The first-order chi connectivity index (χ1) is 9.77. The van der Waals surface area contributed by atoms with Gasteiger partial charge >= 0.3 is 0 Å². The molecule has 0 heterocycles. The third-order valence-corrected chi connectivity index (χ3v) is 3.59. The molecule has 0 aromatic heterocycles. The van der Waals surface area contributed by atoms with Crippen molar-refractivity contribution in [1.82, 2.24) is 0 Å². The summed E-state index contributed by atoms with van der Waals surface area (Å²) < 4.78 is 28.1. The maximum Gasteiger partial charge on any atom is 0.248 e. The van der Waals surface area contributed by atoms with Crippen LogP contribution in [0.25, 0.3) is 0 Å². The Labute approximate surface area is 121 Å². The summed E-state index contributed by atoms with van der Waals surface area (Å²) >= 11 is 0. The van der Waals surface area contributed by atoms with E-state index in [1.807, 2.05) is 0 Å². The van der Waals surface area contributed by atoms with Gasteiger partial charge in [0.25, 0.3) is 0 Å². The van der Waals surface area contributed by atoms with Crippen LogP contribution in [0, 0.1) is 0 Å². The Balaban J connectivity index is 2.32. The van der Waals surface area contributed by atoms with Gasteiger partial charge in [-0.1, -0.05) is 0 Å². The van der Waals surface area contributed by atoms with Gasteiger partial charge in [0.1, 0.15) is 5.75 Å². The molecule has 110 valence electrons. The van der Waals surface area contributed by atoms with Crippen molar-refractivity contribution in [1.29, 1.82) is 0 Å². The van der Waals surface area contributed by atoms with E-state index in [0.717, 1.165) is 0 Å². The largest absolute Gasteiger partial charge is 0.455 e. The van der Waals surface area contributed by atoms with Crippen LogP contribution in [0.2, 0.25) is 0 Å². The number of primary sulfonamides is 1. The van der Waals surface area contributed by atoms with Gasteiger partial charge < -0.3 is 16.2 Å². The van der Waals surface area contributed by atoms with Gasteiger partial charge in [-0.2, -0.15) is 0 Å². The van der Waals surface area contributed by atoms with E-state index in [1.54, 1.807) is 0 Å². The third-order valence-electron chi connectivity index (χ3n) is 2.68. The van der Waals surface area contributed by atoms with Gasteiger partial charge in [0.15, 0.2) is 5.75 Å². The van der Waals surface area contributed by atoms with E-state index in [1.165, 1.54) is 42.5 Å². The molecule has 2 rings (SSSR count). The topological polar surface area (TPSA) is 138 Å². The van der Waals surface area contributed by atoms with Gasteiger partial charge in [-0.05, 0) is 36.4 Å². The second-order valence-corrected chi connectivity index (χ2v) is 5.80. The first-order valence-corrected chi connectivity index (χ1v) is 7.32. The molecule has 0 saturated carbocycles. The zero-order chi connectivity index (χ0) is 15.6. The molecule has 7 nitrogen and oxygen atoms in total. The highest BCUT2D eigenvalue weighted by Crippen LogP contribution is 2.29. The van der Waals surface area contributed by atoms with E-state index in [4.69, 9.17) is 21.3 Å². The van der Waals surface area contributed by atoms with E-state index in [0.29, 0.717) is 11.3 Å². The first-order valence-electron chi connectivity index (χ1n) is 5.77. The van der Waals surface area contributed by atoms with Gasteiger partial charge in [-0.15, -0.1) is 0 Å². The van der Waals surface area contributed by atoms with Gasteiger partial charge in [0.05, 0.1) is 10.6 Å². The number of primary amides is 1. The van der Waals surface area contributed by atoms with Crippen LogP contribution < -0.4 is 21.3 Å². The second-order valence-electron chi connectivity index (χ2n) is 4.24. The molecule has 2 aromatic rings. The Kier molecular flexibility index (Phi) is 3.83. The van der Waals surface area contributed by atoms with Gasteiger partial charge in [-0.25, -0.2) is 13.6 Å². The lowest BCUT2D eigenvalue weighted by Crippen LogP contribution is -2.12. The van der Waals surface area contributed by atoms with E-state index in [9.17, 15) is 13.2 Å². The highest BCUT2D eigenvalue weighted by Gasteiger charge is 2.12. The van der Waals surface area contributed by atoms with Crippen molar-refractivity contribution < 1.29 is 17.9 Å². The zero-order valence-electron chi connectivity index (χ0n) is 10.8. The number of benzene rings is 2. The summed E-state index contributed by atoms with van der Waals surface area (Å²) in [5.74, 6) is -0.0381. The lowest BCUT2D eigenvalue weighted by molar-refractivity contribution is 0.100. The summed E-state index contributed by atoms with van der Waals surface area (Å²) in [5, 5.41) is 5.05. The predicted octanol–water partition coefficient (Wildman–Crippen LogP) is 0.807. The number of rotatable bonds is 4. The highest BCUT2D eigenvalue weighted by atomic mass is 32.2. The van der Waals surface area contributed by atoms with Crippen LogP contribution in [0.4, 0.5) is 5.69 Å². The highest BCUT2D eigenvalue weighted by molar-refractivity contribution is 7.89. The van der Waals surface area contributed by atoms with Crippen LogP contribution in [0.15, 0.2) is 47.4 Å². The van der Waals surface area contributed by atoms with Crippen molar-refractivity contribution >= 4 is 21.6 Å². The molecule has 0 spiro atoms. The Morgan fingerprint density at radius 2 is 1.67 bits per heavy atom. The predicted molar refractivity (Wildman–Crippen MR) is 77.3 cm³/mol. The van der Waals surface area contributed by atoms with Crippen LogP contribution >= 0.6 is 0 Å². The molecule has 0 fully saturated rings. The molecule has 0 aliphatic heterocycles. The van der Waals surface area contributed by atoms with E-state index in [-0.39, 0.29) is 16.3 Å². The molecule has 0 atom stereocenters. The zero-order valence-corrected chi connectivity index (χ0v) is 11.6. The number of nitrogen functional groups attached to an aromatic ring is 1. The number of hydrogen-bond acceptors (Lipinski definition) is 5. The molecule has 0 aliphatic rings. The number of anilines is 1. The molecular formula is C13H13N3O4S. The van der Waals surface area contributed by atoms with Crippen molar-refractivity contribution in [3.8, 4) is 11.5 Å². The number of sulfonamides is 1. The number of amides is 1. The molecule has 8 heteroatoms. The second kappa shape index (κ2) is 5.43. The minimum absolute atomic E-state index is 0.111. The van der Waals surface area contributed by atoms with Crippen LogP contribution in [-0.2, 0) is 10.0 Å². The number of nitrogens with two attached hydrogens (primary N) is 3. The fourth-order valence-electron chi connectivity index (χ4n) is 1.59. The normalized spacial score (nSPS) is 11.1. The smallest absolute Gasteiger partial charge is 0.248 e. The molecule has 0 saturated heterocycles. The van der Waals surface area contributed by atoms with Crippen molar-refractivity contribution in [2.75, 3.05) is 5.73 Å². The maximum atomic E-state index is 11.3. The molecule has 0 bridgehead atoms. The summed E-state index contributed by atoms with van der Waals surface area (Å²) in [7, 11) is -3.85. The molecule has 21 heavy (non-hydrogen) atoms. The molecule has 2 aromatic carbocycles. The number of carbonyl (C=O) groups excluding carboxylic acids is 1. The molecule has 0 unspecified atom stereocenters. The minimum Gasteiger partial charge on any atom is -0.455 e. The fourth-order valence-corrected chi connectivity index (χ4v) is 2.12. The van der Waals surface area contributed by atoms with Crippen molar-refractivity contribution in [2.45, 2.75) is 4.90 Å². The Morgan fingerprint density at radius 1 is 1.05 bits per heavy atom. The van der Waals surface area contributed by atoms with Crippen molar-refractivity contribution in [2.24, 2.45) is 10.9 Å². The molecule has 1 amide bonds. The summed E-state index contributed by atoms with van der Waals surface area (Å²) in [6, 6.07) is 9.90. The monoisotopic (exact) mass is 307 g/mol. The first kappa shape index (κ1) is 14.8. The Bertz CT molecular complexity index is 786. The maximum absolute atomic E-state index is 11.3. The third kappa shape index (κ3) is 3.50. The minimum atomic E-state index is -3.85. The van der Waals surface area contributed by atoms with Gasteiger partial charge in [0, 0.05) is 11.6 Å². The summed E-state index contributed by atoms with van der Waals surface area (Å²) in [5.41, 5.74) is 11.4. The Morgan fingerprint density at radius 3 is 2.19 bits per heavy atom. The molecule has 0 aliphatic carbocycles. The van der Waals surface area contributed by atoms with Gasteiger partial charge in [-0.3, -0.25) is 4.79 Å². The SMILES string of the molecule is NC(=O)c1ccc(Oc2cc(S(N)(=O)=O)ccc2N)cc1. The van der Waals surface area contributed by atoms with Crippen molar-refractivity contribution in [3.05, 3.63) is 48.0 Å². The van der Waals surface area contributed by atoms with Crippen LogP contribution in [0.1, 0.15) is 10.4 Å². The number of ether oxygens (including phenoxy) is 1.